The standard InChI is InChI=1S/C19H30N4O2.HI/c1-13-5-8-16(9-6-13)23-19(20-3)21-12-15-7-10-18(25-4)17(11-15)22-14(2)24;/h7,10-11,13,16H,5-6,8-9,12H2,1-4H3,(H,22,24)(H2,20,21,23);1H. The van der Waals surface area contributed by atoms with Crippen molar-refractivity contribution in [3.63, 3.8) is 0 Å². The van der Waals surface area contributed by atoms with Gasteiger partial charge in [-0.25, -0.2) is 0 Å². The maximum atomic E-state index is 11.3. The molecule has 0 unspecified atom stereocenters. The fourth-order valence-electron chi connectivity index (χ4n) is 3.13. The Morgan fingerprint density at radius 3 is 2.54 bits per heavy atom. The Morgan fingerprint density at radius 1 is 1.27 bits per heavy atom. The molecule has 26 heavy (non-hydrogen) atoms. The van der Waals surface area contributed by atoms with Crippen LogP contribution in [0.15, 0.2) is 23.2 Å². The van der Waals surface area contributed by atoms with Crippen LogP contribution in [0.3, 0.4) is 0 Å². The summed E-state index contributed by atoms with van der Waals surface area (Å²) in [5.41, 5.74) is 1.73. The largest absolute Gasteiger partial charge is 0.495 e. The summed E-state index contributed by atoms with van der Waals surface area (Å²) in [7, 11) is 3.38. The number of amides is 1. The number of ether oxygens (including phenoxy) is 1. The van der Waals surface area contributed by atoms with E-state index in [2.05, 4.69) is 27.9 Å². The van der Waals surface area contributed by atoms with Crippen LogP contribution >= 0.6 is 24.0 Å². The fraction of sp³-hybridized carbons (Fsp3) is 0.579. The van der Waals surface area contributed by atoms with Gasteiger partial charge in [0.2, 0.25) is 5.91 Å². The van der Waals surface area contributed by atoms with Crippen LogP contribution in [0.5, 0.6) is 5.75 Å². The van der Waals surface area contributed by atoms with E-state index in [0.29, 0.717) is 24.0 Å². The number of carbonyl (C=O) groups excluding carboxylic acids is 1. The first-order valence-electron chi connectivity index (χ1n) is 8.93. The quantitative estimate of drug-likeness (QED) is 0.347. The third-order valence-electron chi connectivity index (χ3n) is 4.61. The molecule has 0 spiro atoms. The molecule has 1 fully saturated rings. The maximum absolute atomic E-state index is 11.3. The van der Waals surface area contributed by atoms with Gasteiger partial charge >= 0.3 is 0 Å². The Labute approximate surface area is 173 Å². The van der Waals surface area contributed by atoms with Crippen LogP contribution in [0.25, 0.3) is 0 Å². The van der Waals surface area contributed by atoms with Gasteiger partial charge in [-0.15, -0.1) is 24.0 Å². The fourth-order valence-corrected chi connectivity index (χ4v) is 3.13. The molecule has 6 nitrogen and oxygen atoms in total. The Morgan fingerprint density at radius 2 is 1.96 bits per heavy atom. The highest BCUT2D eigenvalue weighted by Crippen LogP contribution is 2.25. The number of methoxy groups -OCH3 is 1. The molecule has 1 aliphatic carbocycles. The summed E-state index contributed by atoms with van der Waals surface area (Å²) < 4.78 is 5.29. The molecule has 1 aromatic rings. The lowest BCUT2D eigenvalue weighted by Gasteiger charge is -2.28. The number of hydrogen-bond donors (Lipinski definition) is 3. The van der Waals surface area contributed by atoms with Crippen molar-refractivity contribution >= 4 is 41.5 Å². The van der Waals surface area contributed by atoms with Crippen LogP contribution in [0.4, 0.5) is 5.69 Å². The number of aliphatic imine (C=N–C) groups is 1. The van der Waals surface area contributed by atoms with Gasteiger partial charge in [-0.05, 0) is 49.3 Å². The van der Waals surface area contributed by atoms with Gasteiger partial charge in [0.05, 0.1) is 12.8 Å². The molecule has 3 N–H and O–H groups in total. The predicted octanol–water partition coefficient (Wildman–Crippen LogP) is 3.52. The zero-order valence-corrected chi connectivity index (χ0v) is 18.4. The minimum Gasteiger partial charge on any atom is -0.495 e. The first-order valence-corrected chi connectivity index (χ1v) is 8.93. The summed E-state index contributed by atoms with van der Waals surface area (Å²) >= 11 is 0. The molecule has 0 aliphatic heterocycles. The lowest BCUT2D eigenvalue weighted by molar-refractivity contribution is -0.114. The van der Waals surface area contributed by atoms with Gasteiger partial charge < -0.3 is 20.7 Å². The second-order valence-corrected chi connectivity index (χ2v) is 6.74. The first kappa shape index (κ1) is 22.5. The van der Waals surface area contributed by atoms with Gasteiger partial charge in [0.15, 0.2) is 5.96 Å². The molecule has 1 amide bonds. The van der Waals surface area contributed by atoms with Crippen LogP contribution in [-0.4, -0.2) is 32.1 Å². The minimum atomic E-state index is -0.118. The number of anilines is 1. The molecule has 2 rings (SSSR count). The minimum absolute atomic E-state index is 0. The summed E-state index contributed by atoms with van der Waals surface area (Å²) in [5, 5.41) is 9.66. The zero-order chi connectivity index (χ0) is 18.2. The van der Waals surface area contributed by atoms with Crippen molar-refractivity contribution in [2.24, 2.45) is 10.9 Å². The van der Waals surface area contributed by atoms with Crippen LogP contribution in [0.1, 0.15) is 45.1 Å². The lowest BCUT2D eigenvalue weighted by Crippen LogP contribution is -2.44. The average molecular weight is 474 g/mol. The van der Waals surface area contributed by atoms with Gasteiger partial charge in [-0.1, -0.05) is 13.0 Å². The highest BCUT2D eigenvalue weighted by atomic mass is 127. The van der Waals surface area contributed by atoms with E-state index in [-0.39, 0.29) is 29.9 Å². The highest BCUT2D eigenvalue weighted by molar-refractivity contribution is 14.0. The van der Waals surface area contributed by atoms with E-state index in [1.54, 1.807) is 14.2 Å². The van der Waals surface area contributed by atoms with Crippen LogP contribution in [0, 0.1) is 5.92 Å². The van der Waals surface area contributed by atoms with Crippen molar-refractivity contribution in [2.75, 3.05) is 19.5 Å². The molecule has 1 aromatic carbocycles. The van der Waals surface area contributed by atoms with Crippen molar-refractivity contribution in [1.82, 2.24) is 10.6 Å². The summed E-state index contributed by atoms with van der Waals surface area (Å²) in [5.74, 6) is 2.18. The van der Waals surface area contributed by atoms with E-state index >= 15 is 0 Å². The van der Waals surface area contributed by atoms with Crippen molar-refractivity contribution in [2.45, 2.75) is 52.1 Å². The van der Waals surface area contributed by atoms with E-state index in [1.165, 1.54) is 32.6 Å². The normalized spacial score (nSPS) is 19.9. The lowest BCUT2D eigenvalue weighted by atomic mass is 9.87. The first-order chi connectivity index (χ1) is 12.0. The van der Waals surface area contributed by atoms with E-state index in [4.69, 9.17) is 4.74 Å². The van der Waals surface area contributed by atoms with Crippen LogP contribution < -0.4 is 20.7 Å². The van der Waals surface area contributed by atoms with E-state index in [1.807, 2.05) is 18.2 Å². The second-order valence-electron chi connectivity index (χ2n) is 6.74. The van der Waals surface area contributed by atoms with Crippen molar-refractivity contribution in [1.29, 1.82) is 0 Å². The predicted molar refractivity (Wildman–Crippen MR) is 117 cm³/mol. The van der Waals surface area contributed by atoms with Crippen molar-refractivity contribution in [3.8, 4) is 5.75 Å². The topological polar surface area (TPSA) is 74.8 Å². The van der Waals surface area contributed by atoms with Gasteiger partial charge in [0, 0.05) is 26.6 Å². The number of nitrogens with one attached hydrogen (secondary N) is 3. The van der Waals surface area contributed by atoms with E-state index < -0.39 is 0 Å². The molecule has 0 bridgehead atoms. The summed E-state index contributed by atoms with van der Waals surface area (Å²) in [6, 6.07) is 6.25. The third-order valence-corrected chi connectivity index (χ3v) is 4.61. The Hall–Kier alpha value is -1.51. The van der Waals surface area contributed by atoms with E-state index in [9.17, 15) is 4.79 Å². The smallest absolute Gasteiger partial charge is 0.221 e. The second kappa shape index (κ2) is 11.3. The number of halogens is 1. The molecule has 0 radical (unpaired) electrons. The molecule has 0 atom stereocenters. The van der Waals surface area contributed by atoms with Gasteiger partial charge in [0.1, 0.15) is 5.75 Å². The zero-order valence-electron chi connectivity index (χ0n) is 16.1. The maximum Gasteiger partial charge on any atom is 0.221 e. The number of guanidine groups is 1. The van der Waals surface area contributed by atoms with Crippen molar-refractivity contribution in [3.05, 3.63) is 23.8 Å². The number of hydrogen-bond acceptors (Lipinski definition) is 3. The van der Waals surface area contributed by atoms with Gasteiger partial charge in [-0.2, -0.15) is 0 Å². The Balaban J connectivity index is 0.00000338. The third kappa shape index (κ3) is 7.01. The molecule has 1 saturated carbocycles. The highest BCUT2D eigenvalue weighted by Gasteiger charge is 2.18. The van der Waals surface area contributed by atoms with Gasteiger partial charge in [0.25, 0.3) is 0 Å². The number of benzene rings is 1. The summed E-state index contributed by atoms with van der Waals surface area (Å²) in [4.78, 5) is 15.7. The van der Waals surface area contributed by atoms with Gasteiger partial charge in [-0.3, -0.25) is 9.79 Å². The molecular weight excluding hydrogens is 443 g/mol. The van der Waals surface area contributed by atoms with Crippen LogP contribution in [-0.2, 0) is 11.3 Å². The molecule has 146 valence electrons. The summed E-state index contributed by atoms with van der Waals surface area (Å²) in [6.45, 7) is 4.43. The molecule has 0 heterocycles. The monoisotopic (exact) mass is 474 g/mol. The number of rotatable bonds is 5. The SMILES string of the molecule is CN=C(NCc1ccc(OC)c(NC(C)=O)c1)NC1CCC(C)CC1.I. The number of nitrogens with zero attached hydrogens (tertiary/aromatic N) is 1. The number of carbonyl (C=O) groups is 1. The molecular formula is C19H31IN4O2. The molecule has 1 aliphatic rings. The molecule has 0 saturated heterocycles. The van der Waals surface area contributed by atoms with E-state index in [0.717, 1.165) is 17.4 Å². The molecule has 0 aromatic heterocycles. The Bertz CT molecular complexity index is 614. The summed E-state index contributed by atoms with van der Waals surface area (Å²) in [6.07, 6.45) is 4.93. The Kier molecular flexibility index (Phi) is 9.75. The molecule has 7 heteroatoms. The average Bonchev–Trinajstić information content (AvgIpc) is 2.60. The van der Waals surface area contributed by atoms with Crippen molar-refractivity contribution < 1.29 is 9.53 Å². The van der Waals surface area contributed by atoms with Crippen LogP contribution in [0.2, 0.25) is 0 Å².